The highest BCUT2D eigenvalue weighted by Crippen LogP contribution is 2.28. The Morgan fingerprint density at radius 1 is 0.506 bits per heavy atom. The van der Waals surface area contributed by atoms with Crippen LogP contribution < -0.4 is 29.9 Å². The van der Waals surface area contributed by atoms with Gasteiger partial charge in [0.2, 0.25) is 17.4 Å². The van der Waals surface area contributed by atoms with Crippen LogP contribution in [-0.4, -0.2) is 222 Å². The fourth-order valence-electron chi connectivity index (χ4n) is 6.82. The van der Waals surface area contributed by atoms with Gasteiger partial charge in [0.05, 0.1) is 49.9 Å². The number of carbonyl (C=O) groups excluding carboxylic acids is 9. The van der Waals surface area contributed by atoms with Gasteiger partial charge < -0.3 is 77.3 Å². The SMILES string of the molecule is CC(=O)C(=O)C(C)OC(=O)C(C)OC(=O)C(C)OC(=O)C(C)OC(CNC(C)(C)C)COc1nsnc1N1CCOCC1.CC(C=O)OC(=O)C(C)OC(=O)C(C)OC(=O)C(C)OC(CNC(C)(C)C)COc1nsnc1N1CCOCC1. The number of ketones is 2. The third-order valence-electron chi connectivity index (χ3n) is 11.5. The molecule has 2 N–H and O–H groups in total. The lowest BCUT2D eigenvalue weighted by Gasteiger charge is -2.28. The first kappa shape index (κ1) is 71.2. The van der Waals surface area contributed by atoms with Crippen LogP contribution in [0.4, 0.5) is 11.6 Å². The van der Waals surface area contributed by atoms with Gasteiger partial charge in [0.25, 0.3) is 11.8 Å². The third-order valence-corrected chi connectivity index (χ3v) is 12.5. The van der Waals surface area contributed by atoms with E-state index in [1.807, 2.05) is 51.3 Å². The molecule has 2 aliphatic heterocycles. The summed E-state index contributed by atoms with van der Waals surface area (Å²) in [5, 5.41) is 6.64. The van der Waals surface area contributed by atoms with Crippen molar-refractivity contribution < 1.29 is 100.0 Å². The van der Waals surface area contributed by atoms with Crippen LogP contribution in [-0.2, 0) is 90.5 Å². The number of esters is 6. The second kappa shape index (κ2) is 34.6. The Kier molecular flexibility index (Phi) is 29.7. The summed E-state index contributed by atoms with van der Waals surface area (Å²) in [5.74, 6) is -5.24. The molecule has 0 amide bonds. The number of hydrogen-bond donors (Lipinski definition) is 2. The Bertz CT molecular complexity index is 2420. The maximum absolute atomic E-state index is 12.8. The lowest BCUT2D eigenvalue weighted by atomic mass is 10.1. The Morgan fingerprint density at radius 2 is 0.819 bits per heavy atom. The Hall–Kier alpha value is -6.09. The van der Waals surface area contributed by atoms with Gasteiger partial charge in [-0.2, -0.15) is 8.75 Å². The van der Waals surface area contributed by atoms with E-state index in [1.54, 1.807) is 0 Å². The molecule has 0 aromatic carbocycles. The second-order valence-electron chi connectivity index (χ2n) is 21.3. The highest BCUT2D eigenvalue weighted by molar-refractivity contribution is 6.99. The van der Waals surface area contributed by atoms with Crippen molar-refractivity contribution in [2.24, 2.45) is 0 Å². The van der Waals surface area contributed by atoms with Crippen molar-refractivity contribution in [3.05, 3.63) is 0 Å². The molecule has 468 valence electrons. The minimum Gasteiger partial charge on any atom is -0.472 e. The van der Waals surface area contributed by atoms with Crippen molar-refractivity contribution in [3.8, 4) is 11.8 Å². The highest BCUT2D eigenvalue weighted by atomic mass is 32.1. The number of nitrogens with one attached hydrogen (secondary N) is 2. The molecular formula is C52H82N8O21S2. The molecule has 0 bridgehead atoms. The molecular weight excluding hydrogens is 1140 g/mol. The van der Waals surface area contributed by atoms with Crippen LogP contribution in [0.1, 0.15) is 104 Å². The number of hydrogen-bond acceptors (Lipinski definition) is 31. The molecule has 2 fully saturated rings. The van der Waals surface area contributed by atoms with Gasteiger partial charge in [-0.3, -0.25) is 14.4 Å². The predicted molar refractivity (Wildman–Crippen MR) is 296 cm³/mol. The van der Waals surface area contributed by atoms with Crippen molar-refractivity contribution in [2.45, 2.75) is 176 Å². The van der Waals surface area contributed by atoms with Crippen LogP contribution in [0.3, 0.4) is 0 Å². The Balaban J connectivity index is 0.000000436. The van der Waals surface area contributed by atoms with Crippen molar-refractivity contribution in [2.75, 3.05) is 88.7 Å². The van der Waals surface area contributed by atoms with E-state index in [0.717, 1.165) is 30.4 Å². The summed E-state index contributed by atoms with van der Waals surface area (Å²) in [5.41, 5.74) is -0.480. The molecule has 4 heterocycles. The average Bonchev–Trinajstić information content (AvgIpc) is 4.24. The first-order valence-electron chi connectivity index (χ1n) is 27.0. The van der Waals surface area contributed by atoms with E-state index in [0.29, 0.717) is 95.4 Å². The maximum atomic E-state index is 12.8. The smallest absolute Gasteiger partial charge is 0.347 e. The van der Waals surface area contributed by atoms with Crippen LogP contribution in [0.15, 0.2) is 0 Å². The maximum Gasteiger partial charge on any atom is 0.347 e. The van der Waals surface area contributed by atoms with E-state index in [1.165, 1.54) is 55.4 Å². The summed E-state index contributed by atoms with van der Waals surface area (Å²) in [6.07, 6.45) is -10.7. The molecule has 2 aliphatic rings. The lowest BCUT2D eigenvalue weighted by Crippen LogP contribution is -2.45. The number of aldehydes is 1. The molecule has 10 unspecified atom stereocenters. The van der Waals surface area contributed by atoms with E-state index in [9.17, 15) is 43.2 Å². The monoisotopic (exact) mass is 1220 g/mol. The van der Waals surface area contributed by atoms with Gasteiger partial charge in [-0.25, -0.2) is 28.8 Å². The Morgan fingerprint density at radius 3 is 1.13 bits per heavy atom. The number of aromatic nitrogens is 4. The normalized spacial score (nSPS) is 17.4. The number of Topliss-reactive ketones (excluding diaryl/α,β-unsaturated/α-hetero) is 2. The van der Waals surface area contributed by atoms with Gasteiger partial charge in [-0.1, -0.05) is 0 Å². The second-order valence-corrected chi connectivity index (χ2v) is 22.3. The van der Waals surface area contributed by atoms with Gasteiger partial charge >= 0.3 is 35.8 Å². The fourth-order valence-corrected chi connectivity index (χ4v) is 7.86. The van der Waals surface area contributed by atoms with E-state index in [-0.39, 0.29) is 24.3 Å². The number of nitrogens with zero attached hydrogens (tertiary/aromatic N) is 6. The number of ether oxygens (including phenoxy) is 12. The van der Waals surface area contributed by atoms with Crippen LogP contribution in [0.25, 0.3) is 0 Å². The van der Waals surface area contributed by atoms with Gasteiger partial charge in [-0.15, -0.1) is 8.75 Å². The summed E-state index contributed by atoms with van der Waals surface area (Å²) in [6, 6.07) is 0. The first-order valence-corrected chi connectivity index (χ1v) is 28.5. The zero-order valence-corrected chi connectivity index (χ0v) is 51.5. The molecule has 31 heteroatoms. The minimum atomic E-state index is -1.42. The zero-order chi connectivity index (χ0) is 62.2. The molecule has 2 aromatic heterocycles. The number of rotatable bonds is 31. The molecule has 2 saturated heterocycles. The topological polar surface area (TPSA) is 346 Å². The molecule has 83 heavy (non-hydrogen) atoms. The van der Waals surface area contributed by atoms with Crippen LogP contribution >= 0.6 is 23.5 Å². The number of anilines is 2. The van der Waals surface area contributed by atoms with E-state index >= 15 is 0 Å². The standard InChI is InChI=1S/C27H42N4O11S.C25H40N4O10S/c1-15(32)21(33)16(2)40-25(35)18(4)42-26(36)19(5)41-24(34)17(3)39-20(13-28-27(6,7)8)14-38-23-22(29-43-30-23)31-9-11-37-12-10-31;1-15(13-30)36-22(31)17(3)38-24(33)18(4)39-23(32)16(2)37-19(12-26-25(5,6)7)14-35-21-20(27-40-28-21)29-8-10-34-11-9-29/h16-20,28H,9-14H2,1-8H3;13,15-19,26H,8-12,14H2,1-7H3. The summed E-state index contributed by atoms with van der Waals surface area (Å²) in [4.78, 5) is 112. The molecule has 0 aliphatic carbocycles. The van der Waals surface area contributed by atoms with Crippen LogP contribution in [0.5, 0.6) is 11.8 Å². The molecule has 0 saturated carbocycles. The van der Waals surface area contributed by atoms with Gasteiger partial charge in [0.15, 0.2) is 60.9 Å². The van der Waals surface area contributed by atoms with Crippen molar-refractivity contribution >= 4 is 88.8 Å². The minimum absolute atomic E-state index is 0.0469. The highest BCUT2D eigenvalue weighted by Gasteiger charge is 2.34. The summed E-state index contributed by atoms with van der Waals surface area (Å²) < 4.78 is 81.9. The van der Waals surface area contributed by atoms with Crippen LogP contribution in [0.2, 0.25) is 0 Å². The largest absolute Gasteiger partial charge is 0.472 e. The van der Waals surface area contributed by atoms with Crippen molar-refractivity contribution in [1.29, 1.82) is 0 Å². The quantitative estimate of drug-likeness (QED) is 0.0470. The molecule has 29 nitrogen and oxygen atoms in total. The van der Waals surface area contributed by atoms with Crippen molar-refractivity contribution in [1.82, 2.24) is 28.1 Å². The van der Waals surface area contributed by atoms with E-state index in [2.05, 4.69) is 28.1 Å². The number of morpholine rings is 2. The van der Waals surface area contributed by atoms with Gasteiger partial charge in [0.1, 0.15) is 25.4 Å². The lowest BCUT2D eigenvalue weighted by molar-refractivity contribution is -0.183. The van der Waals surface area contributed by atoms with Gasteiger partial charge in [-0.05, 0) is 96.9 Å². The predicted octanol–water partition coefficient (Wildman–Crippen LogP) is 1.78. The summed E-state index contributed by atoms with van der Waals surface area (Å²) in [7, 11) is 0. The molecule has 4 rings (SSSR count). The van der Waals surface area contributed by atoms with E-state index < -0.39 is 108 Å². The molecule has 0 radical (unpaired) electrons. The summed E-state index contributed by atoms with van der Waals surface area (Å²) >= 11 is 2.07. The van der Waals surface area contributed by atoms with Gasteiger partial charge in [0, 0.05) is 57.3 Å². The fraction of sp³-hybridized carbons (Fsp3) is 0.750. The Labute approximate surface area is 491 Å². The van der Waals surface area contributed by atoms with Crippen LogP contribution in [0, 0.1) is 0 Å². The first-order chi connectivity index (χ1) is 38.9. The third kappa shape index (κ3) is 26.2. The van der Waals surface area contributed by atoms with Crippen molar-refractivity contribution in [3.63, 3.8) is 0 Å². The summed E-state index contributed by atoms with van der Waals surface area (Å²) in [6.45, 7) is 29.4. The molecule has 2 aromatic rings. The average molecular weight is 1220 g/mol. The molecule has 10 atom stereocenters. The zero-order valence-electron chi connectivity index (χ0n) is 49.9. The van der Waals surface area contributed by atoms with E-state index in [4.69, 9.17) is 56.8 Å². The molecule has 0 spiro atoms. The number of carbonyl (C=O) groups is 9.